The lowest BCUT2D eigenvalue weighted by Gasteiger charge is -2.25. The second-order valence-corrected chi connectivity index (χ2v) is 6.40. The molecule has 0 spiro atoms. The smallest absolute Gasteiger partial charge is 0.225 e. The fraction of sp³-hybridized carbons (Fsp3) is 0.250. The Morgan fingerprint density at radius 2 is 1.60 bits per heavy atom. The van der Waals surface area contributed by atoms with Gasteiger partial charge in [0.05, 0.1) is 16.8 Å². The molecule has 2 heterocycles. The molecule has 1 N–H and O–H groups in total. The van der Waals surface area contributed by atoms with E-state index in [0.29, 0.717) is 12.1 Å². The average Bonchev–Trinajstić information content (AvgIpc) is 2.47. The predicted molar refractivity (Wildman–Crippen MR) is 83.8 cm³/mol. The van der Waals surface area contributed by atoms with Crippen LogP contribution in [0.5, 0.6) is 0 Å². The summed E-state index contributed by atoms with van der Waals surface area (Å²) >= 11 is 0. The number of aromatic nitrogens is 4. The van der Waals surface area contributed by atoms with Gasteiger partial charge in [0.25, 0.3) is 0 Å². The van der Waals surface area contributed by atoms with E-state index in [2.05, 4.69) is 25.5 Å². The Balaban J connectivity index is 2.42. The van der Waals surface area contributed by atoms with Crippen molar-refractivity contribution in [2.45, 2.75) is 26.3 Å². The van der Waals surface area contributed by atoms with Crippen LogP contribution < -0.4 is 5.32 Å². The second kappa shape index (κ2) is 5.91. The maximum absolute atomic E-state index is 14.6. The summed E-state index contributed by atoms with van der Waals surface area (Å²) in [5.41, 5.74) is -1.87. The number of pyridine rings is 1. The summed E-state index contributed by atoms with van der Waals surface area (Å²) in [5.74, 6) is -4.79. The summed E-state index contributed by atoms with van der Waals surface area (Å²) in [7, 11) is 0. The third-order valence-corrected chi connectivity index (χ3v) is 3.26. The van der Waals surface area contributed by atoms with Crippen LogP contribution >= 0.6 is 0 Å². The fourth-order valence-corrected chi connectivity index (χ4v) is 2.40. The van der Waals surface area contributed by atoms with Gasteiger partial charge in [-0.1, -0.05) is 0 Å². The molecule has 0 radical (unpaired) electrons. The number of nitrogens with zero attached hydrogens (tertiary/aromatic N) is 4. The molecule has 0 saturated heterocycles. The summed E-state index contributed by atoms with van der Waals surface area (Å²) in [6.07, 6.45) is 1.11. The molecule has 2 aromatic heterocycles. The van der Waals surface area contributed by atoms with Crippen molar-refractivity contribution in [2.24, 2.45) is 0 Å². The summed E-state index contributed by atoms with van der Waals surface area (Å²) in [6, 6.07) is 0.947. The summed E-state index contributed by atoms with van der Waals surface area (Å²) in [5, 5.41) is 10.2. The molecule has 0 unspecified atom stereocenters. The number of rotatable bonds is 2. The number of fused-ring (bicyclic) bond motifs is 1. The number of nitrogens with one attached hydrogen (secondary N) is 1. The van der Waals surface area contributed by atoms with Crippen molar-refractivity contribution >= 4 is 16.9 Å². The third kappa shape index (κ3) is 3.21. The summed E-state index contributed by atoms with van der Waals surface area (Å²) < 4.78 is 56.3. The second-order valence-electron chi connectivity index (χ2n) is 6.40. The summed E-state index contributed by atoms with van der Waals surface area (Å²) in [6.45, 7) is 5.31. The highest BCUT2D eigenvalue weighted by atomic mass is 19.1. The summed E-state index contributed by atoms with van der Waals surface area (Å²) in [4.78, 5) is 7.56. The highest BCUT2D eigenvalue weighted by molar-refractivity contribution is 5.95. The Hall–Kier alpha value is -2.84. The molecule has 130 valence electrons. The Kier molecular flexibility index (Phi) is 4.02. The molecule has 0 amide bonds. The Bertz CT molecular complexity index is 946. The number of anilines is 1. The molecule has 3 rings (SSSR count). The molecule has 3 aromatic rings. The topological polar surface area (TPSA) is 63.6 Å². The van der Waals surface area contributed by atoms with Gasteiger partial charge in [-0.15, -0.1) is 10.2 Å². The molecule has 0 aliphatic carbocycles. The first-order chi connectivity index (χ1) is 11.7. The van der Waals surface area contributed by atoms with E-state index in [4.69, 9.17) is 0 Å². The van der Waals surface area contributed by atoms with Crippen molar-refractivity contribution in [1.29, 1.82) is 0 Å². The zero-order valence-corrected chi connectivity index (χ0v) is 13.5. The van der Waals surface area contributed by atoms with E-state index in [9.17, 15) is 17.6 Å². The Morgan fingerprint density at radius 1 is 0.960 bits per heavy atom. The van der Waals surface area contributed by atoms with Crippen LogP contribution in [0.25, 0.3) is 22.3 Å². The van der Waals surface area contributed by atoms with Gasteiger partial charge >= 0.3 is 0 Å². The van der Waals surface area contributed by atoms with Gasteiger partial charge in [-0.2, -0.15) is 9.37 Å². The molecular weight excluding hydrogens is 338 g/mol. The minimum absolute atomic E-state index is 0.00527. The maximum Gasteiger partial charge on any atom is 0.225 e. The molecule has 0 aliphatic heterocycles. The van der Waals surface area contributed by atoms with E-state index in [1.807, 2.05) is 0 Å². The van der Waals surface area contributed by atoms with Crippen LogP contribution in [0.15, 0.2) is 18.5 Å². The van der Waals surface area contributed by atoms with Gasteiger partial charge in [0, 0.05) is 17.7 Å². The molecule has 0 aliphatic rings. The van der Waals surface area contributed by atoms with Crippen LogP contribution in [-0.4, -0.2) is 25.7 Å². The minimum atomic E-state index is -1.25. The van der Waals surface area contributed by atoms with Gasteiger partial charge in [-0.3, -0.25) is 0 Å². The first-order valence-corrected chi connectivity index (χ1v) is 7.27. The first kappa shape index (κ1) is 17.0. The quantitative estimate of drug-likeness (QED) is 0.561. The maximum atomic E-state index is 14.6. The Labute approximate surface area is 140 Å². The molecule has 0 fully saturated rings. The van der Waals surface area contributed by atoms with E-state index in [0.717, 1.165) is 6.33 Å². The molecule has 25 heavy (non-hydrogen) atoms. The van der Waals surface area contributed by atoms with E-state index in [1.165, 1.54) is 0 Å². The zero-order valence-electron chi connectivity index (χ0n) is 13.5. The van der Waals surface area contributed by atoms with Crippen molar-refractivity contribution < 1.29 is 17.6 Å². The first-order valence-electron chi connectivity index (χ1n) is 7.27. The van der Waals surface area contributed by atoms with Gasteiger partial charge in [0.2, 0.25) is 11.6 Å². The number of halogens is 4. The lowest BCUT2D eigenvalue weighted by Crippen LogP contribution is -2.27. The molecule has 5 nitrogen and oxygen atoms in total. The van der Waals surface area contributed by atoms with Gasteiger partial charge < -0.3 is 5.32 Å². The molecule has 9 heteroatoms. The highest BCUT2D eigenvalue weighted by Crippen LogP contribution is 2.38. The molecular formula is C16H13F4N5. The van der Waals surface area contributed by atoms with Gasteiger partial charge in [0.15, 0.2) is 0 Å². The zero-order chi connectivity index (χ0) is 18.4. The van der Waals surface area contributed by atoms with Crippen LogP contribution in [0.3, 0.4) is 0 Å². The standard InChI is InChI=1S/C16H13F4N5/c1-16(2,3)24-12-11(10-8(18)4-7(17)5-9(10)19)14(20)23-15-13(12)21-6-22-25-15/h4-6H,1-3H3,(H,23,24,25). The SMILES string of the molecule is CC(C)(C)Nc1c(-c2c(F)cc(F)cc2F)c(F)nc2nncnc12. The molecule has 1 aromatic carbocycles. The fourth-order valence-electron chi connectivity index (χ4n) is 2.40. The molecule has 0 atom stereocenters. The van der Waals surface area contributed by atoms with Crippen LogP contribution in [-0.2, 0) is 0 Å². The van der Waals surface area contributed by atoms with E-state index in [-0.39, 0.29) is 16.9 Å². The average molecular weight is 351 g/mol. The number of hydrogen-bond acceptors (Lipinski definition) is 5. The lowest BCUT2D eigenvalue weighted by molar-refractivity contribution is 0.541. The highest BCUT2D eigenvalue weighted by Gasteiger charge is 2.27. The van der Waals surface area contributed by atoms with Crippen LogP contribution in [0.2, 0.25) is 0 Å². The van der Waals surface area contributed by atoms with Gasteiger partial charge in [0.1, 0.15) is 29.3 Å². The normalized spacial score (nSPS) is 11.8. The van der Waals surface area contributed by atoms with Crippen molar-refractivity contribution in [2.75, 3.05) is 5.32 Å². The third-order valence-electron chi connectivity index (χ3n) is 3.26. The number of hydrogen-bond donors (Lipinski definition) is 1. The van der Waals surface area contributed by atoms with Gasteiger partial charge in [-0.05, 0) is 20.8 Å². The number of benzene rings is 1. The van der Waals surface area contributed by atoms with E-state index >= 15 is 0 Å². The molecule has 0 saturated carbocycles. The van der Waals surface area contributed by atoms with Crippen molar-refractivity contribution in [3.8, 4) is 11.1 Å². The van der Waals surface area contributed by atoms with Crippen molar-refractivity contribution in [1.82, 2.24) is 20.2 Å². The van der Waals surface area contributed by atoms with E-state index < -0.39 is 40.1 Å². The largest absolute Gasteiger partial charge is 0.378 e. The van der Waals surface area contributed by atoms with Crippen molar-refractivity contribution in [3.63, 3.8) is 0 Å². The van der Waals surface area contributed by atoms with Crippen LogP contribution in [0, 0.1) is 23.4 Å². The van der Waals surface area contributed by atoms with Crippen molar-refractivity contribution in [3.05, 3.63) is 41.9 Å². The molecule has 0 bridgehead atoms. The predicted octanol–water partition coefficient (Wildman–Crippen LogP) is 3.85. The lowest BCUT2D eigenvalue weighted by atomic mass is 10.0. The van der Waals surface area contributed by atoms with Crippen LogP contribution in [0.1, 0.15) is 20.8 Å². The van der Waals surface area contributed by atoms with Gasteiger partial charge in [-0.25, -0.2) is 18.2 Å². The van der Waals surface area contributed by atoms with Crippen LogP contribution in [0.4, 0.5) is 23.2 Å². The monoisotopic (exact) mass is 351 g/mol. The van der Waals surface area contributed by atoms with E-state index in [1.54, 1.807) is 20.8 Å². The Morgan fingerprint density at radius 3 is 2.20 bits per heavy atom. The minimum Gasteiger partial charge on any atom is -0.378 e.